The van der Waals surface area contributed by atoms with Crippen molar-refractivity contribution in [2.45, 2.75) is 25.0 Å². The highest BCUT2D eigenvalue weighted by Gasteiger charge is 2.36. The quantitative estimate of drug-likeness (QED) is 0.519. The molecule has 2 unspecified atom stereocenters. The topological polar surface area (TPSA) is 69.6 Å². The van der Waals surface area contributed by atoms with E-state index in [-0.39, 0.29) is 24.3 Å². The molecular formula is C8H12N2O3. The molecule has 0 radical (unpaired) electrons. The third kappa shape index (κ3) is 1.51. The van der Waals surface area contributed by atoms with Crippen molar-refractivity contribution >= 4 is 11.8 Å². The van der Waals surface area contributed by atoms with Crippen molar-refractivity contribution in [3.05, 3.63) is 0 Å². The van der Waals surface area contributed by atoms with Crippen molar-refractivity contribution in [1.82, 2.24) is 10.2 Å². The molecule has 2 aliphatic rings. The lowest BCUT2D eigenvalue weighted by Crippen LogP contribution is -2.38. The molecule has 0 aliphatic carbocycles. The van der Waals surface area contributed by atoms with Crippen molar-refractivity contribution in [2.75, 3.05) is 13.1 Å². The van der Waals surface area contributed by atoms with Gasteiger partial charge in [0.1, 0.15) is 0 Å². The normalized spacial score (nSPS) is 34.1. The molecule has 2 saturated heterocycles. The van der Waals surface area contributed by atoms with Gasteiger partial charge in [-0.3, -0.25) is 9.59 Å². The monoisotopic (exact) mass is 184 g/mol. The first-order valence-corrected chi connectivity index (χ1v) is 4.41. The van der Waals surface area contributed by atoms with Gasteiger partial charge in [-0.2, -0.15) is 0 Å². The molecule has 0 aromatic heterocycles. The van der Waals surface area contributed by atoms with Crippen LogP contribution in [0.15, 0.2) is 0 Å². The van der Waals surface area contributed by atoms with E-state index in [1.165, 1.54) is 0 Å². The van der Waals surface area contributed by atoms with Gasteiger partial charge in [-0.15, -0.1) is 0 Å². The van der Waals surface area contributed by atoms with E-state index in [2.05, 4.69) is 5.32 Å². The van der Waals surface area contributed by atoms with E-state index >= 15 is 0 Å². The number of likely N-dealkylation sites (tertiary alicyclic amines) is 1. The Kier molecular flexibility index (Phi) is 1.95. The van der Waals surface area contributed by atoms with Gasteiger partial charge in [0.15, 0.2) is 0 Å². The first-order chi connectivity index (χ1) is 6.16. The van der Waals surface area contributed by atoms with Crippen LogP contribution in [0.3, 0.4) is 0 Å². The summed E-state index contributed by atoms with van der Waals surface area (Å²) in [6, 6.07) is -0.0443. The highest BCUT2D eigenvalue weighted by atomic mass is 16.3. The summed E-state index contributed by atoms with van der Waals surface area (Å²) in [6.45, 7) is 0.899. The second kappa shape index (κ2) is 2.99. The van der Waals surface area contributed by atoms with Crippen LogP contribution in [0.2, 0.25) is 0 Å². The van der Waals surface area contributed by atoms with Gasteiger partial charge in [-0.25, -0.2) is 0 Å². The summed E-state index contributed by atoms with van der Waals surface area (Å²) in [5.74, 6) is -0.0619. The average Bonchev–Trinajstić information content (AvgIpc) is 2.58. The van der Waals surface area contributed by atoms with Crippen molar-refractivity contribution < 1.29 is 14.7 Å². The number of nitrogens with one attached hydrogen (secondary N) is 1. The second-order valence-electron chi connectivity index (χ2n) is 3.57. The number of carbonyl (C=O) groups is 2. The smallest absolute Gasteiger partial charge is 0.225 e. The highest BCUT2D eigenvalue weighted by molar-refractivity contribution is 5.83. The third-order valence-electron chi connectivity index (χ3n) is 2.53. The molecule has 13 heavy (non-hydrogen) atoms. The molecule has 2 rings (SSSR count). The second-order valence-corrected chi connectivity index (χ2v) is 3.57. The van der Waals surface area contributed by atoms with Crippen LogP contribution in [-0.4, -0.2) is 47.1 Å². The van der Waals surface area contributed by atoms with E-state index in [1.807, 2.05) is 0 Å². The number of β-amino-alcohol motifs (C(OH)–C–C–N with tert-alkyl or cyclic N) is 1. The molecule has 2 heterocycles. The van der Waals surface area contributed by atoms with Crippen LogP contribution in [0, 0.1) is 0 Å². The van der Waals surface area contributed by atoms with Crippen molar-refractivity contribution in [3.8, 4) is 0 Å². The Morgan fingerprint density at radius 3 is 2.62 bits per heavy atom. The molecule has 5 heteroatoms. The van der Waals surface area contributed by atoms with E-state index in [0.717, 1.165) is 0 Å². The summed E-state index contributed by atoms with van der Waals surface area (Å²) in [5, 5.41) is 11.9. The molecular weight excluding hydrogens is 172 g/mol. The van der Waals surface area contributed by atoms with E-state index in [9.17, 15) is 14.7 Å². The van der Waals surface area contributed by atoms with Crippen LogP contribution in [0.5, 0.6) is 0 Å². The van der Waals surface area contributed by atoms with Gasteiger partial charge in [0, 0.05) is 19.5 Å². The van der Waals surface area contributed by atoms with Gasteiger partial charge in [0.25, 0.3) is 0 Å². The Hall–Kier alpha value is -1.10. The lowest BCUT2D eigenvalue weighted by Gasteiger charge is -2.21. The van der Waals surface area contributed by atoms with E-state index in [1.54, 1.807) is 4.90 Å². The number of carbonyl (C=O) groups excluding carboxylic acids is 2. The van der Waals surface area contributed by atoms with Crippen LogP contribution in [-0.2, 0) is 9.59 Å². The van der Waals surface area contributed by atoms with E-state index < -0.39 is 6.10 Å². The minimum atomic E-state index is -0.553. The molecule has 0 spiro atoms. The molecule has 0 aromatic carbocycles. The number of aliphatic hydroxyl groups excluding tert-OH is 1. The first-order valence-electron chi connectivity index (χ1n) is 4.41. The zero-order chi connectivity index (χ0) is 9.42. The average molecular weight is 184 g/mol. The van der Waals surface area contributed by atoms with Gasteiger partial charge in [-0.1, -0.05) is 0 Å². The Balaban J connectivity index is 2.01. The van der Waals surface area contributed by atoms with Gasteiger partial charge in [-0.05, 0) is 0 Å². The van der Waals surface area contributed by atoms with Gasteiger partial charge >= 0.3 is 0 Å². The van der Waals surface area contributed by atoms with Gasteiger partial charge in [0.05, 0.1) is 18.6 Å². The molecule has 2 N–H and O–H groups in total. The molecule has 72 valence electrons. The van der Waals surface area contributed by atoms with Gasteiger partial charge in [0.2, 0.25) is 11.8 Å². The predicted octanol–water partition coefficient (Wildman–Crippen LogP) is -1.53. The largest absolute Gasteiger partial charge is 0.391 e. The Labute approximate surface area is 75.7 Å². The van der Waals surface area contributed by atoms with Crippen molar-refractivity contribution in [1.29, 1.82) is 0 Å². The maximum Gasteiger partial charge on any atom is 0.225 e. The summed E-state index contributed by atoms with van der Waals surface area (Å²) in [6.07, 6.45) is 0.0200. The maximum atomic E-state index is 11.3. The fourth-order valence-electron chi connectivity index (χ4n) is 1.88. The molecule has 2 fully saturated rings. The fourth-order valence-corrected chi connectivity index (χ4v) is 1.88. The SMILES string of the molecule is O=C1CC(N2CC(O)CC2=O)CN1. The first kappa shape index (κ1) is 8.50. The van der Waals surface area contributed by atoms with E-state index in [0.29, 0.717) is 19.5 Å². The lowest BCUT2D eigenvalue weighted by atomic mass is 10.2. The Bertz CT molecular complexity index is 254. The van der Waals surface area contributed by atoms with Crippen LogP contribution in [0.1, 0.15) is 12.8 Å². The number of nitrogens with zero attached hydrogens (tertiary/aromatic N) is 1. The summed E-state index contributed by atoms with van der Waals surface area (Å²) < 4.78 is 0. The van der Waals surface area contributed by atoms with E-state index in [4.69, 9.17) is 0 Å². The minimum absolute atomic E-state index is 0.0146. The van der Waals surface area contributed by atoms with Crippen LogP contribution >= 0.6 is 0 Å². The molecule has 2 aliphatic heterocycles. The zero-order valence-electron chi connectivity index (χ0n) is 7.19. The summed E-state index contributed by atoms with van der Waals surface area (Å²) in [5.41, 5.74) is 0. The highest BCUT2D eigenvalue weighted by Crippen LogP contribution is 2.18. The molecule has 2 amide bonds. The van der Waals surface area contributed by atoms with Crippen molar-refractivity contribution in [3.63, 3.8) is 0 Å². The molecule has 0 saturated carbocycles. The third-order valence-corrected chi connectivity index (χ3v) is 2.53. The standard InChI is InChI=1S/C8H12N2O3/c11-6-2-8(13)10(4-6)5-1-7(12)9-3-5/h5-6,11H,1-4H2,(H,9,12). The van der Waals surface area contributed by atoms with Crippen LogP contribution in [0.4, 0.5) is 0 Å². The Morgan fingerprint density at radius 2 is 2.15 bits per heavy atom. The van der Waals surface area contributed by atoms with Gasteiger partial charge < -0.3 is 15.3 Å². The maximum absolute atomic E-state index is 11.3. The summed E-state index contributed by atoms with van der Waals surface area (Å²) in [4.78, 5) is 23.8. The van der Waals surface area contributed by atoms with Crippen molar-refractivity contribution in [2.24, 2.45) is 0 Å². The number of hydrogen-bond acceptors (Lipinski definition) is 3. The number of hydrogen-bond donors (Lipinski definition) is 2. The molecule has 0 aromatic rings. The summed E-state index contributed by atoms with van der Waals surface area (Å²) >= 11 is 0. The van der Waals surface area contributed by atoms with Crippen LogP contribution in [0.25, 0.3) is 0 Å². The number of aliphatic hydroxyl groups is 1. The molecule has 2 atom stereocenters. The fraction of sp³-hybridized carbons (Fsp3) is 0.750. The molecule has 5 nitrogen and oxygen atoms in total. The minimum Gasteiger partial charge on any atom is -0.391 e. The Morgan fingerprint density at radius 1 is 1.38 bits per heavy atom. The number of amides is 2. The predicted molar refractivity (Wildman–Crippen MR) is 43.8 cm³/mol. The zero-order valence-corrected chi connectivity index (χ0v) is 7.19. The number of rotatable bonds is 1. The lowest BCUT2D eigenvalue weighted by molar-refractivity contribution is -0.129. The molecule has 0 bridgehead atoms. The van der Waals surface area contributed by atoms with Crippen LogP contribution < -0.4 is 5.32 Å². The summed E-state index contributed by atoms with van der Waals surface area (Å²) in [7, 11) is 0.